The Morgan fingerprint density at radius 2 is 2.12 bits per heavy atom. The molecule has 7 nitrogen and oxygen atoms in total. The van der Waals surface area contributed by atoms with Crippen molar-refractivity contribution in [3.63, 3.8) is 0 Å². The Hall–Kier alpha value is -2.87. The molecule has 8 heteroatoms. The van der Waals surface area contributed by atoms with Gasteiger partial charge in [-0.1, -0.05) is 30.0 Å². The summed E-state index contributed by atoms with van der Waals surface area (Å²) in [7, 11) is 0. The van der Waals surface area contributed by atoms with Gasteiger partial charge in [-0.2, -0.15) is 0 Å². The first-order valence-corrected chi connectivity index (χ1v) is 8.05. The van der Waals surface area contributed by atoms with Gasteiger partial charge in [-0.25, -0.2) is 4.98 Å². The smallest absolute Gasteiger partial charge is 0.271 e. The number of oxazole rings is 1. The molecule has 122 valence electrons. The minimum atomic E-state index is -0.498. The van der Waals surface area contributed by atoms with E-state index in [1.807, 2.05) is 18.2 Å². The molecule has 1 aromatic heterocycles. The van der Waals surface area contributed by atoms with Crippen LogP contribution in [0.4, 0.5) is 11.4 Å². The normalized spacial score (nSPS) is 10.7. The van der Waals surface area contributed by atoms with Gasteiger partial charge in [0.2, 0.25) is 5.91 Å². The minimum Gasteiger partial charge on any atom is -0.431 e. The van der Waals surface area contributed by atoms with E-state index < -0.39 is 4.92 Å². The van der Waals surface area contributed by atoms with Crippen molar-refractivity contribution in [3.8, 4) is 0 Å². The molecule has 24 heavy (non-hydrogen) atoms. The van der Waals surface area contributed by atoms with Gasteiger partial charge in [0.1, 0.15) is 5.52 Å². The Morgan fingerprint density at radius 1 is 1.33 bits per heavy atom. The lowest BCUT2D eigenvalue weighted by atomic mass is 10.2. The van der Waals surface area contributed by atoms with Gasteiger partial charge in [-0.05, 0) is 24.6 Å². The lowest BCUT2D eigenvalue weighted by molar-refractivity contribution is -0.384. The fraction of sp³-hybridized carbons (Fsp3) is 0.125. The van der Waals surface area contributed by atoms with Crippen LogP contribution in [0.1, 0.15) is 5.56 Å². The largest absolute Gasteiger partial charge is 0.431 e. The van der Waals surface area contributed by atoms with Crippen molar-refractivity contribution in [2.24, 2.45) is 0 Å². The number of nitro benzene ring substituents is 1. The topological polar surface area (TPSA) is 98.3 Å². The van der Waals surface area contributed by atoms with Crippen LogP contribution in [0.15, 0.2) is 52.1 Å². The van der Waals surface area contributed by atoms with E-state index in [2.05, 4.69) is 10.3 Å². The van der Waals surface area contributed by atoms with E-state index in [-0.39, 0.29) is 17.3 Å². The molecule has 0 unspecified atom stereocenters. The predicted octanol–water partition coefficient (Wildman–Crippen LogP) is 3.78. The van der Waals surface area contributed by atoms with Crippen LogP contribution in [0.25, 0.3) is 11.1 Å². The quantitative estimate of drug-likeness (QED) is 0.430. The third-order valence-electron chi connectivity index (χ3n) is 3.31. The van der Waals surface area contributed by atoms with E-state index in [0.29, 0.717) is 16.5 Å². The number of thioether (sulfide) groups is 1. The van der Waals surface area contributed by atoms with Crippen LogP contribution in [-0.4, -0.2) is 21.6 Å². The number of carbonyl (C=O) groups excluding carboxylic acids is 1. The number of benzene rings is 2. The molecular formula is C16H13N3O4S. The van der Waals surface area contributed by atoms with Crippen LogP contribution >= 0.6 is 11.8 Å². The molecule has 1 heterocycles. The highest BCUT2D eigenvalue weighted by Crippen LogP contribution is 2.25. The van der Waals surface area contributed by atoms with Crippen LogP contribution in [0.2, 0.25) is 0 Å². The van der Waals surface area contributed by atoms with Gasteiger partial charge in [-0.3, -0.25) is 14.9 Å². The van der Waals surface area contributed by atoms with Gasteiger partial charge in [0.05, 0.1) is 16.4 Å². The molecule has 1 N–H and O–H groups in total. The number of amides is 1. The molecule has 3 aromatic rings. The monoisotopic (exact) mass is 343 g/mol. The molecule has 0 aliphatic heterocycles. The Bertz CT molecular complexity index is 890. The number of aryl methyl sites for hydroxylation is 1. The second kappa shape index (κ2) is 6.71. The number of carbonyl (C=O) groups is 1. The predicted molar refractivity (Wildman–Crippen MR) is 91.2 cm³/mol. The molecule has 0 aliphatic rings. The molecular weight excluding hydrogens is 330 g/mol. The number of aromatic nitrogens is 1. The first-order valence-electron chi connectivity index (χ1n) is 7.06. The first kappa shape index (κ1) is 16.0. The van der Waals surface area contributed by atoms with Crippen molar-refractivity contribution >= 4 is 40.1 Å². The van der Waals surface area contributed by atoms with Gasteiger partial charge < -0.3 is 9.73 Å². The van der Waals surface area contributed by atoms with Crippen LogP contribution < -0.4 is 5.32 Å². The lowest BCUT2D eigenvalue weighted by Gasteiger charge is -2.07. The molecule has 0 bridgehead atoms. The average molecular weight is 343 g/mol. The maximum atomic E-state index is 12.1. The fourth-order valence-electron chi connectivity index (χ4n) is 2.08. The highest BCUT2D eigenvalue weighted by atomic mass is 32.2. The van der Waals surface area contributed by atoms with Crippen molar-refractivity contribution in [1.82, 2.24) is 4.98 Å². The van der Waals surface area contributed by atoms with E-state index >= 15 is 0 Å². The van der Waals surface area contributed by atoms with Crippen molar-refractivity contribution < 1.29 is 14.1 Å². The molecule has 0 saturated carbocycles. The molecule has 0 spiro atoms. The van der Waals surface area contributed by atoms with Gasteiger partial charge in [0.15, 0.2) is 5.58 Å². The van der Waals surface area contributed by atoms with Gasteiger partial charge in [0.25, 0.3) is 10.9 Å². The number of nitrogens with zero attached hydrogens (tertiary/aromatic N) is 2. The molecule has 1 amide bonds. The van der Waals surface area contributed by atoms with Crippen LogP contribution in [0.3, 0.4) is 0 Å². The number of nitro groups is 1. The number of hydrogen-bond acceptors (Lipinski definition) is 6. The number of fused-ring (bicyclic) bond motifs is 1. The summed E-state index contributed by atoms with van der Waals surface area (Å²) in [5.74, 6) is -0.194. The molecule has 0 radical (unpaired) electrons. The van der Waals surface area contributed by atoms with Crippen LogP contribution in [-0.2, 0) is 4.79 Å². The standard InChI is InChI=1S/C16H13N3O4S/c1-10-6-7-11(19(21)22)8-13(10)17-15(20)9-24-16-18-12-4-2-3-5-14(12)23-16/h2-8H,9H2,1H3,(H,17,20). The van der Waals surface area contributed by atoms with Gasteiger partial charge >= 0.3 is 0 Å². The van der Waals surface area contributed by atoms with E-state index in [1.54, 1.807) is 19.1 Å². The maximum Gasteiger partial charge on any atom is 0.271 e. The van der Waals surface area contributed by atoms with Crippen molar-refractivity contribution in [1.29, 1.82) is 0 Å². The number of non-ortho nitro benzene ring substituents is 1. The van der Waals surface area contributed by atoms with Crippen molar-refractivity contribution in [2.75, 3.05) is 11.1 Å². The summed E-state index contributed by atoms with van der Waals surface area (Å²) >= 11 is 1.17. The number of nitrogens with one attached hydrogen (secondary N) is 1. The fourth-order valence-corrected chi connectivity index (χ4v) is 2.72. The maximum absolute atomic E-state index is 12.1. The molecule has 0 atom stereocenters. The second-order valence-corrected chi connectivity index (χ2v) is 5.97. The van der Waals surface area contributed by atoms with Crippen LogP contribution in [0, 0.1) is 17.0 Å². The summed E-state index contributed by atoms with van der Waals surface area (Å²) < 4.78 is 5.53. The SMILES string of the molecule is Cc1ccc([N+](=O)[O-])cc1NC(=O)CSc1nc2ccccc2o1. The molecule has 0 saturated heterocycles. The highest BCUT2D eigenvalue weighted by Gasteiger charge is 2.13. The average Bonchev–Trinajstić information content (AvgIpc) is 2.97. The summed E-state index contributed by atoms with van der Waals surface area (Å²) in [6.07, 6.45) is 0. The Morgan fingerprint density at radius 3 is 2.88 bits per heavy atom. The van der Waals surface area contributed by atoms with E-state index in [9.17, 15) is 14.9 Å². The Kier molecular flexibility index (Phi) is 4.48. The summed E-state index contributed by atoms with van der Waals surface area (Å²) in [6, 6.07) is 11.7. The number of anilines is 1. The number of para-hydroxylation sites is 2. The lowest BCUT2D eigenvalue weighted by Crippen LogP contribution is -2.15. The van der Waals surface area contributed by atoms with Gasteiger partial charge in [-0.15, -0.1) is 0 Å². The Labute approximate surface area is 141 Å². The van der Waals surface area contributed by atoms with Gasteiger partial charge in [0, 0.05) is 12.1 Å². The van der Waals surface area contributed by atoms with Crippen molar-refractivity contribution in [2.45, 2.75) is 12.1 Å². The summed E-state index contributed by atoms with van der Waals surface area (Å²) in [6.45, 7) is 1.77. The van der Waals surface area contributed by atoms with E-state index in [0.717, 1.165) is 11.1 Å². The third kappa shape index (κ3) is 3.54. The zero-order valence-corrected chi connectivity index (χ0v) is 13.5. The summed E-state index contributed by atoms with van der Waals surface area (Å²) in [5, 5.41) is 13.9. The number of hydrogen-bond donors (Lipinski definition) is 1. The zero-order chi connectivity index (χ0) is 17.1. The highest BCUT2D eigenvalue weighted by molar-refractivity contribution is 7.99. The summed E-state index contributed by atoms with van der Waals surface area (Å²) in [4.78, 5) is 26.7. The Balaban J connectivity index is 1.65. The minimum absolute atomic E-state index is 0.0671. The van der Waals surface area contributed by atoms with Crippen LogP contribution in [0.5, 0.6) is 0 Å². The van der Waals surface area contributed by atoms with E-state index in [1.165, 1.54) is 23.9 Å². The zero-order valence-electron chi connectivity index (χ0n) is 12.7. The molecule has 0 fully saturated rings. The van der Waals surface area contributed by atoms with Crippen molar-refractivity contribution in [3.05, 3.63) is 58.1 Å². The second-order valence-electron chi connectivity index (χ2n) is 5.04. The third-order valence-corrected chi connectivity index (χ3v) is 4.14. The molecule has 0 aliphatic carbocycles. The number of rotatable bonds is 5. The first-order chi connectivity index (χ1) is 11.5. The van der Waals surface area contributed by atoms with E-state index in [4.69, 9.17) is 4.42 Å². The summed E-state index contributed by atoms with van der Waals surface area (Å²) in [5.41, 5.74) is 2.50. The molecule has 3 rings (SSSR count). The molecule has 2 aromatic carbocycles.